The van der Waals surface area contributed by atoms with E-state index >= 15 is 0 Å². The van der Waals surface area contributed by atoms with Crippen molar-refractivity contribution in [1.82, 2.24) is 15.3 Å². The molecule has 2 aromatic heterocycles. The fourth-order valence-corrected chi connectivity index (χ4v) is 3.88. The molecule has 29 heavy (non-hydrogen) atoms. The lowest BCUT2D eigenvalue weighted by molar-refractivity contribution is 0.0950. The molecule has 0 fully saturated rings. The molecule has 2 heterocycles. The molecule has 0 spiro atoms. The van der Waals surface area contributed by atoms with Gasteiger partial charge in [-0.25, -0.2) is 4.98 Å². The number of amides is 1. The Morgan fingerprint density at radius 2 is 1.86 bits per heavy atom. The lowest BCUT2D eigenvalue weighted by Crippen LogP contribution is -2.22. The van der Waals surface area contributed by atoms with Gasteiger partial charge in [0.1, 0.15) is 17.9 Å². The molecule has 1 amide bonds. The van der Waals surface area contributed by atoms with Crippen molar-refractivity contribution >= 4 is 27.5 Å². The van der Waals surface area contributed by atoms with Gasteiger partial charge in [0.15, 0.2) is 5.01 Å². The summed E-state index contributed by atoms with van der Waals surface area (Å²) in [6, 6.07) is 17.6. The van der Waals surface area contributed by atoms with Gasteiger partial charge < -0.3 is 15.8 Å². The van der Waals surface area contributed by atoms with E-state index < -0.39 is 0 Å². The van der Waals surface area contributed by atoms with Crippen LogP contribution >= 0.6 is 11.3 Å². The van der Waals surface area contributed by atoms with Crippen LogP contribution in [0.15, 0.2) is 67.0 Å². The van der Waals surface area contributed by atoms with Crippen molar-refractivity contribution in [2.75, 3.05) is 13.2 Å². The number of aromatic nitrogens is 2. The zero-order chi connectivity index (χ0) is 20.1. The summed E-state index contributed by atoms with van der Waals surface area (Å²) in [5.74, 6) is 0.420. The number of ether oxygens (including phenoxy) is 1. The van der Waals surface area contributed by atoms with E-state index in [-0.39, 0.29) is 5.91 Å². The van der Waals surface area contributed by atoms with Gasteiger partial charge in [-0.05, 0) is 41.0 Å². The summed E-state index contributed by atoms with van der Waals surface area (Å²) in [6.45, 7) is 1.23. The van der Waals surface area contributed by atoms with Gasteiger partial charge in [0, 0.05) is 25.5 Å². The first-order valence-electron chi connectivity index (χ1n) is 9.24. The Hall–Kier alpha value is -3.29. The van der Waals surface area contributed by atoms with E-state index in [1.165, 1.54) is 11.3 Å². The number of hydrogen-bond acceptors (Lipinski definition) is 6. The van der Waals surface area contributed by atoms with Crippen LogP contribution in [-0.4, -0.2) is 29.0 Å². The zero-order valence-electron chi connectivity index (χ0n) is 15.7. The Kier molecular flexibility index (Phi) is 5.79. The van der Waals surface area contributed by atoms with Crippen LogP contribution in [-0.2, 0) is 6.54 Å². The molecule has 7 heteroatoms. The van der Waals surface area contributed by atoms with Crippen LogP contribution in [0.25, 0.3) is 21.3 Å². The number of hydrogen-bond donors (Lipinski definition) is 2. The van der Waals surface area contributed by atoms with Gasteiger partial charge >= 0.3 is 0 Å². The fourth-order valence-electron chi connectivity index (χ4n) is 2.94. The van der Waals surface area contributed by atoms with Gasteiger partial charge in [0.25, 0.3) is 5.91 Å². The summed E-state index contributed by atoms with van der Waals surface area (Å²) in [5, 5.41) is 3.33. The molecule has 2 aromatic carbocycles. The number of pyridine rings is 1. The number of benzene rings is 2. The predicted molar refractivity (Wildman–Crippen MR) is 115 cm³/mol. The minimum atomic E-state index is -0.203. The Labute approximate surface area is 172 Å². The summed E-state index contributed by atoms with van der Waals surface area (Å²) in [5.41, 5.74) is 9.31. The van der Waals surface area contributed by atoms with Gasteiger partial charge in [0.05, 0.1) is 4.70 Å². The second-order valence-corrected chi connectivity index (χ2v) is 7.41. The molecular formula is C22H20N4O2S. The van der Waals surface area contributed by atoms with Crippen LogP contribution in [0.2, 0.25) is 0 Å². The molecule has 0 aliphatic carbocycles. The first kappa shape index (κ1) is 19.0. The molecule has 0 saturated heterocycles. The van der Waals surface area contributed by atoms with Gasteiger partial charge in [-0.3, -0.25) is 9.78 Å². The molecule has 0 aliphatic rings. The van der Waals surface area contributed by atoms with Crippen LogP contribution in [0, 0.1) is 0 Å². The molecule has 0 aliphatic heterocycles. The Morgan fingerprint density at radius 1 is 1.07 bits per heavy atom. The molecule has 0 unspecified atom stereocenters. The van der Waals surface area contributed by atoms with E-state index in [1.807, 2.05) is 54.6 Å². The van der Waals surface area contributed by atoms with E-state index in [9.17, 15) is 4.79 Å². The molecule has 4 rings (SSSR count). The summed E-state index contributed by atoms with van der Waals surface area (Å²) in [7, 11) is 0. The number of nitrogens with two attached hydrogens (primary N) is 1. The largest absolute Gasteiger partial charge is 0.490 e. The maximum atomic E-state index is 12.6. The van der Waals surface area contributed by atoms with Crippen molar-refractivity contribution in [2.45, 2.75) is 6.54 Å². The maximum Gasteiger partial charge on any atom is 0.280 e. The number of carbonyl (C=O) groups excluding carboxylic acids is 1. The number of carbonyl (C=O) groups is 1. The van der Waals surface area contributed by atoms with Crippen LogP contribution in [0.5, 0.6) is 5.75 Å². The normalized spacial score (nSPS) is 10.8. The van der Waals surface area contributed by atoms with Crippen LogP contribution in [0.3, 0.4) is 0 Å². The van der Waals surface area contributed by atoms with Gasteiger partial charge in [-0.2, -0.15) is 0 Å². The minimum Gasteiger partial charge on any atom is -0.490 e. The Bertz CT molecular complexity index is 1110. The third-order valence-corrected chi connectivity index (χ3v) is 5.34. The number of fused-ring (bicyclic) bond motifs is 1. The second-order valence-electron chi connectivity index (χ2n) is 6.38. The number of nitrogens with one attached hydrogen (secondary N) is 1. The minimum absolute atomic E-state index is 0.203. The summed E-state index contributed by atoms with van der Waals surface area (Å²) in [6.07, 6.45) is 3.49. The second kappa shape index (κ2) is 8.81. The Balaban J connectivity index is 1.65. The lowest BCUT2D eigenvalue weighted by atomic mass is 10.1. The van der Waals surface area contributed by atoms with E-state index in [1.54, 1.807) is 12.4 Å². The lowest BCUT2D eigenvalue weighted by Gasteiger charge is -2.08. The van der Waals surface area contributed by atoms with Crippen molar-refractivity contribution in [3.63, 3.8) is 0 Å². The third-order valence-electron chi connectivity index (χ3n) is 4.34. The highest BCUT2D eigenvalue weighted by Gasteiger charge is 2.17. The average Bonchev–Trinajstić information content (AvgIpc) is 3.21. The molecule has 0 atom stereocenters. The van der Waals surface area contributed by atoms with Crippen molar-refractivity contribution in [3.05, 3.63) is 77.6 Å². The van der Waals surface area contributed by atoms with Crippen molar-refractivity contribution in [1.29, 1.82) is 0 Å². The molecule has 0 bridgehead atoms. The van der Waals surface area contributed by atoms with Gasteiger partial charge in [-0.1, -0.05) is 30.3 Å². The molecule has 6 nitrogen and oxygen atoms in total. The quantitative estimate of drug-likeness (QED) is 0.491. The van der Waals surface area contributed by atoms with E-state index in [0.717, 1.165) is 21.4 Å². The van der Waals surface area contributed by atoms with Gasteiger partial charge in [0.2, 0.25) is 0 Å². The number of thiazole rings is 1. The average molecular weight is 404 g/mol. The first-order chi connectivity index (χ1) is 14.2. The molecular weight excluding hydrogens is 384 g/mol. The van der Waals surface area contributed by atoms with E-state index in [2.05, 4.69) is 15.3 Å². The summed E-state index contributed by atoms with van der Waals surface area (Å²) >= 11 is 1.35. The zero-order valence-corrected chi connectivity index (χ0v) is 16.5. The van der Waals surface area contributed by atoms with E-state index in [0.29, 0.717) is 36.0 Å². The SMILES string of the molecule is NCCOc1cc(-c2ccncc2)cc2sc(C(=O)NCc3ccccc3)nc12. The highest BCUT2D eigenvalue weighted by Crippen LogP contribution is 2.35. The van der Waals surface area contributed by atoms with Crippen LogP contribution in [0.1, 0.15) is 15.4 Å². The molecule has 146 valence electrons. The standard InChI is InChI=1S/C22H20N4O2S/c23-8-11-28-18-12-17(16-6-9-24-10-7-16)13-19-20(18)26-22(29-19)21(27)25-14-15-4-2-1-3-5-15/h1-7,9-10,12-13H,8,11,14,23H2,(H,25,27). The molecule has 0 saturated carbocycles. The molecule has 3 N–H and O–H groups in total. The number of nitrogens with zero attached hydrogens (tertiary/aromatic N) is 2. The first-order valence-corrected chi connectivity index (χ1v) is 10.1. The van der Waals surface area contributed by atoms with E-state index in [4.69, 9.17) is 10.5 Å². The monoisotopic (exact) mass is 404 g/mol. The smallest absolute Gasteiger partial charge is 0.280 e. The highest BCUT2D eigenvalue weighted by atomic mass is 32.1. The Morgan fingerprint density at radius 3 is 2.62 bits per heavy atom. The number of rotatable bonds is 7. The molecule has 4 aromatic rings. The summed E-state index contributed by atoms with van der Waals surface area (Å²) < 4.78 is 6.71. The van der Waals surface area contributed by atoms with Crippen LogP contribution < -0.4 is 15.8 Å². The van der Waals surface area contributed by atoms with Crippen molar-refractivity contribution < 1.29 is 9.53 Å². The highest BCUT2D eigenvalue weighted by molar-refractivity contribution is 7.20. The molecule has 0 radical (unpaired) electrons. The maximum absolute atomic E-state index is 12.6. The fraction of sp³-hybridized carbons (Fsp3) is 0.136. The topological polar surface area (TPSA) is 90.1 Å². The van der Waals surface area contributed by atoms with Crippen molar-refractivity contribution in [3.8, 4) is 16.9 Å². The summed E-state index contributed by atoms with van der Waals surface area (Å²) in [4.78, 5) is 21.2. The van der Waals surface area contributed by atoms with Gasteiger partial charge in [-0.15, -0.1) is 11.3 Å². The predicted octanol–water partition coefficient (Wildman–Crippen LogP) is 3.63. The van der Waals surface area contributed by atoms with Crippen LogP contribution in [0.4, 0.5) is 0 Å². The van der Waals surface area contributed by atoms with Crippen molar-refractivity contribution in [2.24, 2.45) is 5.73 Å². The third kappa shape index (κ3) is 4.42.